The van der Waals surface area contributed by atoms with Gasteiger partial charge in [-0.25, -0.2) is 5.10 Å². The molecule has 0 aliphatic heterocycles. The van der Waals surface area contributed by atoms with Crippen LogP contribution in [0.4, 0.5) is 0 Å². The van der Waals surface area contributed by atoms with Gasteiger partial charge in [-0.1, -0.05) is 0 Å². The summed E-state index contributed by atoms with van der Waals surface area (Å²) in [6.45, 7) is 0.470. The molecule has 0 saturated carbocycles. The monoisotopic (exact) mass is 170 g/mol. The SMILES string of the molecule is O=c1cc(OCCCO)cn[nH]1. The molecular formula is C7H10N2O3. The number of aliphatic hydroxyl groups excluding tert-OH is 1. The van der Waals surface area contributed by atoms with E-state index in [-0.39, 0.29) is 12.2 Å². The minimum Gasteiger partial charge on any atom is -0.492 e. The largest absolute Gasteiger partial charge is 0.492 e. The van der Waals surface area contributed by atoms with E-state index in [0.717, 1.165) is 0 Å². The van der Waals surface area contributed by atoms with Crippen LogP contribution in [0.1, 0.15) is 6.42 Å². The number of rotatable bonds is 4. The summed E-state index contributed by atoms with van der Waals surface area (Å²) in [5, 5.41) is 14.2. The van der Waals surface area contributed by atoms with Crippen LogP contribution < -0.4 is 10.3 Å². The van der Waals surface area contributed by atoms with Gasteiger partial charge in [0.1, 0.15) is 5.75 Å². The lowest BCUT2D eigenvalue weighted by molar-refractivity contribution is 0.233. The molecule has 12 heavy (non-hydrogen) atoms. The van der Waals surface area contributed by atoms with Crippen LogP contribution in [0.3, 0.4) is 0 Å². The van der Waals surface area contributed by atoms with Crippen molar-refractivity contribution >= 4 is 0 Å². The molecule has 0 radical (unpaired) electrons. The lowest BCUT2D eigenvalue weighted by Crippen LogP contribution is -2.08. The zero-order chi connectivity index (χ0) is 8.81. The minimum absolute atomic E-state index is 0.0800. The smallest absolute Gasteiger partial charge is 0.267 e. The number of aliphatic hydroxyl groups is 1. The van der Waals surface area contributed by atoms with Gasteiger partial charge in [0.25, 0.3) is 5.56 Å². The van der Waals surface area contributed by atoms with Gasteiger partial charge in [0.05, 0.1) is 12.8 Å². The first-order valence-corrected chi connectivity index (χ1v) is 3.61. The molecule has 1 rings (SSSR count). The van der Waals surface area contributed by atoms with Crippen molar-refractivity contribution in [1.29, 1.82) is 0 Å². The van der Waals surface area contributed by atoms with Crippen LogP contribution >= 0.6 is 0 Å². The Labute approximate surface area is 69.0 Å². The zero-order valence-electron chi connectivity index (χ0n) is 6.49. The molecule has 0 aliphatic rings. The molecule has 0 fully saturated rings. The maximum absolute atomic E-state index is 10.7. The molecule has 0 amide bonds. The fourth-order valence-corrected chi connectivity index (χ4v) is 0.692. The van der Waals surface area contributed by atoms with E-state index in [4.69, 9.17) is 9.84 Å². The van der Waals surface area contributed by atoms with Gasteiger partial charge >= 0.3 is 0 Å². The first-order chi connectivity index (χ1) is 5.83. The highest BCUT2D eigenvalue weighted by Crippen LogP contribution is 2.02. The number of nitrogens with one attached hydrogen (secondary N) is 1. The zero-order valence-corrected chi connectivity index (χ0v) is 6.49. The van der Waals surface area contributed by atoms with E-state index in [1.807, 2.05) is 0 Å². The quantitative estimate of drug-likeness (QED) is 0.599. The number of aromatic amines is 1. The summed E-state index contributed by atoms with van der Waals surface area (Å²) in [6, 6.07) is 1.31. The third kappa shape index (κ3) is 2.71. The van der Waals surface area contributed by atoms with Crippen molar-refractivity contribution in [2.24, 2.45) is 0 Å². The predicted octanol–water partition coefficient (Wildman–Crippen LogP) is -0.469. The van der Waals surface area contributed by atoms with E-state index in [2.05, 4.69) is 10.2 Å². The number of nitrogens with zero attached hydrogens (tertiary/aromatic N) is 1. The van der Waals surface area contributed by atoms with Crippen molar-refractivity contribution in [2.75, 3.05) is 13.2 Å². The third-order valence-electron chi connectivity index (χ3n) is 1.21. The average molecular weight is 170 g/mol. The van der Waals surface area contributed by atoms with Crippen LogP contribution in [0.25, 0.3) is 0 Å². The summed E-state index contributed by atoms with van der Waals surface area (Å²) in [7, 11) is 0. The molecule has 0 bridgehead atoms. The van der Waals surface area contributed by atoms with Crippen molar-refractivity contribution in [1.82, 2.24) is 10.2 Å². The lowest BCUT2D eigenvalue weighted by Gasteiger charge is -2.01. The van der Waals surface area contributed by atoms with Crippen LogP contribution in [0, 0.1) is 0 Å². The van der Waals surface area contributed by atoms with Crippen molar-refractivity contribution < 1.29 is 9.84 Å². The molecule has 5 heteroatoms. The Bertz CT molecular complexity index is 284. The number of ether oxygens (including phenoxy) is 1. The van der Waals surface area contributed by atoms with Gasteiger partial charge in [0.2, 0.25) is 0 Å². The number of H-pyrrole nitrogens is 1. The second kappa shape index (κ2) is 4.50. The Morgan fingerprint density at radius 3 is 3.17 bits per heavy atom. The van der Waals surface area contributed by atoms with E-state index < -0.39 is 0 Å². The fourth-order valence-electron chi connectivity index (χ4n) is 0.692. The van der Waals surface area contributed by atoms with E-state index in [1.54, 1.807) is 0 Å². The van der Waals surface area contributed by atoms with Crippen LogP contribution in [-0.2, 0) is 0 Å². The van der Waals surface area contributed by atoms with Crippen LogP contribution in [0.5, 0.6) is 5.75 Å². The molecule has 66 valence electrons. The Kier molecular flexibility index (Phi) is 3.28. The standard InChI is InChI=1S/C7H10N2O3/c10-2-1-3-12-6-4-7(11)9-8-5-6/h4-5,10H,1-3H2,(H,9,11). The predicted molar refractivity (Wildman–Crippen MR) is 42.1 cm³/mol. The third-order valence-corrected chi connectivity index (χ3v) is 1.21. The Balaban J connectivity index is 2.47. The fraction of sp³-hybridized carbons (Fsp3) is 0.429. The summed E-state index contributed by atoms with van der Waals surface area (Å²) < 4.78 is 5.08. The summed E-state index contributed by atoms with van der Waals surface area (Å²) in [5.41, 5.74) is -0.295. The topological polar surface area (TPSA) is 75.2 Å². The molecule has 0 aromatic carbocycles. The normalized spacial score (nSPS) is 9.75. The lowest BCUT2D eigenvalue weighted by atomic mass is 10.5. The van der Waals surface area contributed by atoms with Crippen LogP contribution in [-0.4, -0.2) is 28.5 Å². The minimum atomic E-state index is -0.295. The van der Waals surface area contributed by atoms with Crippen LogP contribution in [0.15, 0.2) is 17.1 Å². The van der Waals surface area contributed by atoms with Gasteiger partial charge in [-0.2, -0.15) is 5.10 Å². The molecular weight excluding hydrogens is 160 g/mol. The summed E-state index contributed by atoms with van der Waals surface area (Å²) in [5.74, 6) is 0.423. The molecule has 0 aliphatic carbocycles. The Morgan fingerprint density at radius 1 is 1.67 bits per heavy atom. The van der Waals surface area contributed by atoms with E-state index >= 15 is 0 Å². The molecule has 0 atom stereocenters. The van der Waals surface area contributed by atoms with Crippen molar-refractivity contribution in [3.05, 3.63) is 22.6 Å². The second-order valence-corrected chi connectivity index (χ2v) is 2.21. The highest BCUT2D eigenvalue weighted by Gasteiger charge is 1.93. The summed E-state index contributed by atoms with van der Waals surface area (Å²) in [4.78, 5) is 10.7. The molecule has 0 unspecified atom stereocenters. The Hall–Kier alpha value is -1.36. The molecule has 0 saturated heterocycles. The van der Waals surface area contributed by atoms with Crippen LogP contribution in [0.2, 0.25) is 0 Å². The Morgan fingerprint density at radius 2 is 2.50 bits per heavy atom. The maximum atomic E-state index is 10.7. The van der Waals surface area contributed by atoms with E-state index in [1.165, 1.54) is 12.3 Å². The average Bonchev–Trinajstić information content (AvgIpc) is 2.05. The number of aromatic nitrogens is 2. The molecule has 5 nitrogen and oxygen atoms in total. The molecule has 1 aromatic rings. The summed E-state index contributed by atoms with van der Waals surface area (Å²) >= 11 is 0. The van der Waals surface area contributed by atoms with E-state index in [9.17, 15) is 4.79 Å². The van der Waals surface area contributed by atoms with Gasteiger partial charge in [-0.05, 0) is 0 Å². The highest BCUT2D eigenvalue weighted by molar-refractivity contribution is 5.12. The summed E-state index contributed by atoms with van der Waals surface area (Å²) in [6.07, 6.45) is 1.96. The van der Waals surface area contributed by atoms with Crippen molar-refractivity contribution in [3.63, 3.8) is 0 Å². The number of hydrogen-bond donors (Lipinski definition) is 2. The van der Waals surface area contributed by atoms with E-state index in [0.29, 0.717) is 18.8 Å². The number of hydrogen-bond acceptors (Lipinski definition) is 4. The molecule has 2 N–H and O–H groups in total. The first kappa shape index (κ1) is 8.73. The molecule has 0 spiro atoms. The maximum Gasteiger partial charge on any atom is 0.267 e. The van der Waals surface area contributed by atoms with Crippen molar-refractivity contribution in [3.8, 4) is 5.75 Å². The molecule has 1 heterocycles. The second-order valence-electron chi connectivity index (χ2n) is 2.21. The van der Waals surface area contributed by atoms with Gasteiger partial charge in [-0.3, -0.25) is 4.79 Å². The van der Waals surface area contributed by atoms with Gasteiger partial charge in [-0.15, -0.1) is 0 Å². The van der Waals surface area contributed by atoms with Gasteiger partial charge in [0.15, 0.2) is 0 Å². The molecule has 1 aromatic heterocycles. The van der Waals surface area contributed by atoms with Gasteiger partial charge < -0.3 is 9.84 Å². The van der Waals surface area contributed by atoms with Crippen molar-refractivity contribution in [2.45, 2.75) is 6.42 Å². The highest BCUT2D eigenvalue weighted by atomic mass is 16.5. The first-order valence-electron chi connectivity index (χ1n) is 3.61. The van der Waals surface area contributed by atoms with Gasteiger partial charge in [0, 0.05) is 19.1 Å².